The summed E-state index contributed by atoms with van der Waals surface area (Å²) in [6, 6.07) is 13.4. The van der Waals surface area contributed by atoms with Crippen molar-refractivity contribution in [2.75, 3.05) is 10.2 Å². The molecular weight excluding hydrogens is 338 g/mol. The first-order valence-electron chi connectivity index (χ1n) is 8.23. The number of fused-ring (bicyclic) bond motifs is 1. The van der Waals surface area contributed by atoms with Crippen molar-refractivity contribution in [1.29, 1.82) is 0 Å². The topological polar surface area (TPSA) is 61.8 Å². The minimum atomic E-state index is 0.0138. The van der Waals surface area contributed by atoms with Gasteiger partial charge >= 0.3 is 0 Å². The standard InChI is InChI=1S/C19H20ClN3O2/c1-12-9-18(22-16-6-4-15(20)5-7-16)17-10-14(11-21-25)3-8-19(17)23(12)13(2)24/h3-8,10,12,18,22H,9,11H2,1-2H3. The highest BCUT2D eigenvalue weighted by atomic mass is 35.5. The number of nitrogens with zero attached hydrogens (tertiary/aromatic N) is 2. The van der Waals surface area contributed by atoms with E-state index in [2.05, 4.69) is 10.5 Å². The molecule has 2 aromatic carbocycles. The predicted molar refractivity (Wildman–Crippen MR) is 101 cm³/mol. The lowest BCUT2D eigenvalue weighted by Gasteiger charge is -2.39. The second-order valence-corrected chi connectivity index (χ2v) is 6.79. The van der Waals surface area contributed by atoms with Crippen LogP contribution in [0.15, 0.2) is 47.6 Å². The maximum Gasteiger partial charge on any atom is 0.224 e. The zero-order chi connectivity index (χ0) is 18.0. The van der Waals surface area contributed by atoms with Gasteiger partial charge in [-0.3, -0.25) is 4.79 Å². The van der Waals surface area contributed by atoms with Crippen molar-refractivity contribution in [1.82, 2.24) is 0 Å². The SMILES string of the molecule is CC(=O)N1c2ccc(CN=O)cc2C(Nc2ccc(Cl)cc2)CC1C. The number of nitroso groups, excluding NO2 is 1. The maximum absolute atomic E-state index is 12.1. The Hall–Kier alpha value is -2.40. The lowest BCUT2D eigenvalue weighted by molar-refractivity contribution is -0.117. The van der Waals surface area contributed by atoms with Gasteiger partial charge in [0.1, 0.15) is 6.54 Å². The molecule has 25 heavy (non-hydrogen) atoms. The molecule has 0 saturated carbocycles. The number of benzene rings is 2. The summed E-state index contributed by atoms with van der Waals surface area (Å²) < 4.78 is 0. The molecule has 0 saturated heterocycles. The van der Waals surface area contributed by atoms with Crippen molar-refractivity contribution in [2.45, 2.75) is 38.9 Å². The minimum Gasteiger partial charge on any atom is -0.378 e. The van der Waals surface area contributed by atoms with Gasteiger partial charge in [0.25, 0.3) is 0 Å². The van der Waals surface area contributed by atoms with E-state index in [9.17, 15) is 9.70 Å². The summed E-state index contributed by atoms with van der Waals surface area (Å²) in [4.78, 5) is 24.5. The third-order valence-corrected chi connectivity index (χ3v) is 4.77. The third-order valence-electron chi connectivity index (χ3n) is 4.52. The van der Waals surface area contributed by atoms with Crippen LogP contribution < -0.4 is 10.2 Å². The molecule has 0 spiro atoms. The molecule has 1 N–H and O–H groups in total. The first-order valence-corrected chi connectivity index (χ1v) is 8.61. The summed E-state index contributed by atoms with van der Waals surface area (Å²) in [6.07, 6.45) is 0.771. The predicted octanol–water partition coefficient (Wildman–Crippen LogP) is 4.90. The highest BCUT2D eigenvalue weighted by molar-refractivity contribution is 6.30. The number of anilines is 2. The number of hydrogen-bond donors (Lipinski definition) is 1. The Bertz CT molecular complexity index is 792. The average molecular weight is 358 g/mol. The number of carbonyl (C=O) groups excluding carboxylic acids is 1. The van der Waals surface area contributed by atoms with E-state index in [-0.39, 0.29) is 24.5 Å². The van der Waals surface area contributed by atoms with Crippen LogP contribution in [0, 0.1) is 4.91 Å². The molecule has 1 aliphatic heterocycles. The minimum absolute atomic E-state index is 0.0138. The second kappa shape index (κ2) is 7.23. The summed E-state index contributed by atoms with van der Waals surface area (Å²) in [5, 5.41) is 7.18. The fourth-order valence-corrected chi connectivity index (χ4v) is 3.58. The van der Waals surface area contributed by atoms with Gasteiger partial charge in [-0.2, -0.15) is 4.91 Å². The molecule has 3 rings (SSSR count). The highest BCUT2D eigenvalue weighted by Crippen LogP contribution is 2.39. The number of rotatable bonds is 4. The van der Waals surface area contributed by atoms with Gasteiger partial charge in [0, 0.05) is 29.4 Å². The molecule has 0 aliphatic carbocycles. The van der Waals surface area contributed by atoms with Crippen LogP contribution in [0.4, 0.5) is 11.4 Å². The maximum atomic E-state index is 12.1. The first-order chi connectivity index (χ1) is 12.0. The van der Waals surface area contributed by atoms with Gasteiger partial charge in [-0.1, -0.05) is 22.8 Å². The zero-order valence-corrected chi connectivity index (χ0v) is 15.0. The van der Waals surface area contributed by atoms with E-state index in [0.717, 1.165) is 28.9 Å². The first kappa shape index (κ1) is 17.4. The van der Waals surface area contributed by atoms with E-state index < -0.39 is 0 Å². The second-order valence-electron chi connectivity index (χ2n) is 6.36. The number of halogens is 1. The summed E-state index contributed by atoms with van der Waals surface area (Å²) in [7, 11) is 0. The number of hydrogen-bond acceptors (Lipinski definition) is 4. The summed E-state index contributed by atoms with van der Waals surface area (Å²) >= 11 is 5.96. The van der Waals surface area contributed by atoms with Gasteiger partial charge in [-0.15, -0.1) is 0 Å². The molecular formula is C19H20ClN3O2. The Balaban J connectivity index is 2.00. The van der Waals surface area contributed by atoms with Crippen LogP contribution in [0.2, 0.25) is 5.02 Å². The van der Waals surface area contributed by atoms with Crippen LogP contribution in [0.3, 0.4) is 0 Å². The number of amides is 1. The highest BCUT2D eigenvalue weighted by Gasteiger charge is 2.32. The quantitative estimate of drug-likeness (QED) is 0.791. The van der Waals surface area contributed by atoms with Gasteiger partial charge in [-0.05, 0) is 60.9 Å². The van der Waals surface area contributed by atoms with E-state index in [4.69, 9.17) is 11.6 Å². The summed E-state index contributed by atoms with van der Waals surface area (Å²) in [6.45, 7) is 3.74. The van der Waals surface area contributed by atoms with Gasteiger partial charge in [0.15, 0.2) is 0 Å². The Morgan fingerprint density at radius 2 is 2.00 bits per heavy atom. The lowest BCUT2D eigenvalue weighted by atomic mass is 9.90. The molecule has 0 bridgehead atoms. The van der Waals surface area contributed by atoms with E-state index in [1.54, 1.807) is 6.92 Å². The molecule has 2 unspecified atom stereocenters. The Labute approximate surface area is 152 Å². The molecule has 0 fully saturated rings. The molecule has 0 aromatic heterocycles. The van der Waals surface area contributed by atoms with Gasteiger partial charge in [-0.25, -0.2) is 0 Å². The molecule has 1 aliphatic rings. The molecule has 2 atom stereocenters. The van der Waals surface area contributed by atoms with Crippen LogP contribution in [0.1, 0.15) is 37.4 Å². The van der Waals surface area contributed by atoms with Crippen molar-refractivity contribution >= 4 is 28.9 Å². The Morgan fingerprint density at radius 3 is 2.64 bits per heavy atom. The molecule has 2 aromatic rings. The fraction of sp³-hybridized carbons (Fsp3) is 0.316. The van der Waals surface area contributed by atoms with Crippen molar-refractivity contribution in [3.8, 4) is 0 Å². The largest absolute Gasteiger partial charge is 0.378 e. The molecule has 1 heterocycles. The normalized spacial score (nSPS) is 19.2. The van der Waals surface area contributed by atoms with Gasteiger partial charge < -0.3 is 10.2 Å². The third kappa shape index (κ3) is 3.66. The molecule has 6 heteroatoms. The van der Waals surface area contributed by atoms with E-state index >= 15 is 0 Å². The molecule has 5 nitrogen and oxygen atoms in total. The zero-order valence-electron chi connectivity index (χ0n) is 14.2. The number of nitrogens with one attached hydrogen (secondary N) is 1. The molecule has 130 valence electrons. The smallest absolute Gasteiger partial charge is 0.224 e. The number of carbonyl (C=O) groups is 1. The van der Waals surface area contributed by atoms with Crippen LogP contribution in [-0.4, -0.2) is 11.9 Å². The van der Waals surface area contributed by atoms with E-state index in [1.807, 2.05) is 54.3 Å². The fourth-order valence-electron chi connectivity index (χ4n) is 3.45. The van der Waals surface area contributed by atoms with E-state index in [0.29, 0.717) is 5.02 Å². The molecule has 1 amide bonds. The van der Waals surface area contributed by atoms with Crippen LogP contribution in [0.5, 0.6) is 0 Å². The van der Waals surface area contributed by atoms with Gasteiger partial charge in [0.05, 0.1) is 6.04 Å². The monoisotopic (exact) mass is 357 g/mol. The van der Waals surface area contributed by atoms with Crippen LogP contribution in [0.25, 0.3) is 0 Å². The summed E-state index contributed by atoms with van der Waals surface area (Å²) in [5.41, 5.74) is 3.69. The van der Waals surface area contributed by atoms with E-state index in [1.165, 1.54) is 0 Å². The Kier molecular flexibility index (Phi) is 5.04. The summed E-state index contributed by atoms with van der Waals surface area (Å²) in [5.74, 6) is 0.0138. The van der Waals surface area contributed by atoms with Gasteiger partial charge in [0.2, 0.25) is 5.91 Å². The lowest BCUT2D eigenvalue weighted by Crippen LogP contribution is -2.43. The van der Waals surface area contributed by atoms with Crippen molar-refractivity contribution in [2.24, 2.45) is 5.18 Å². The van der Waals surface area contributed by atoms with Crippen LogP contribution >= 0.6 is 11.6 Å². The van der Waals surface area contributed by atoms with Crippen molar-refractivity contribution in [3.63, 3.8) is 0 Å². The Morgan fingerprint density at radius 1 is 1.28 bits per heavy atom. The van der Waals surface area contributed by atoms with Crippen molar-refractivity contribution in [3.05, 3.63) is 63.5 Å². The van der Waals surface area contributed by atoms with Crippen LogP contribution in [-0.2, 0) is 11.3 Å². The molecule has 0 radical (unpaired) electrons. The average Bonchev–Trinajstić information content (AvgIpc) is 2.57. The van der Waals surface area contributed by atoms with Crippen molar-refractivity contribution < 1.29 is 4.79 Å².